The van der Waals surface area contributed by atoms with Crippen LogP contribution in [0.4, 0.5) is 0 Å². The van der Waals surface area contributed by atoms with Gasteiger partial charge in [-0.15, -0.1) is 0 Å². The maximum absolute atomic E-state index is 6.16. The normalized spacial score (nSPS) is 23.9. The minimum Gasteiger partial charge on any atom is -0.490 e. The van der Waals surface area contributed by atoms with Crippen molar-refractivity contribution < 1.29 is 4.74 Å². The van der Waals surface area contributed by atoms with Crippen molar-refractivity contribution in [2.24, 2.45) is 0 Å². The van der Waals surface area contributed by atoms with Gasteiger partial charge in [0.15, 0.2) is 0 Å². The number of fused-ring (bicyclic) bond motifs is 1. The number of ether oxygens (including phenoxy) is 1. The second-order valence-electron chi connectivity index (χ2n) is 6.31. The topological polar surface area (TPSA) is 25.4 Å². The quantitative estimate of drug-likeness (QED) is 0.843. The molecule has 1 aliphatic carbocycles. The third-order valence-electron chi connectivity index (χ3n) is 4.76. The Morgan fingerprint density at radius 3 is 2.90 bits per heavy atom. The van der Waals surface area contributed by atoms with Gasteiger partial charge in [-0.3, -0.25) is 9.88 Å². The van der Waals surface area contributed by atoms with E-state index >= 15 is 0 Å². The van der Waals surface area contributed by atoms with Crippen LogP contribution in [0.1, 0.15) is 50.1 Å². The standard InChI is InChI=1S/C17H26N2O/c1-4-13(3)20-17-10-12(2)18-16-7-6-14(11-15(16)17)19-8-5-9-19/h10,13-14H,4-9,11H2,1-3H3. The Bertz CT molecular complexity index is 482. The monoisotopic (exact) mass is 274 g/mol. The second kappa shape index (κ2) is 5.72. The van der Waals surface area contributed by atoms with E-state index in [-0.39, 0.29) is 6.10 Å². The number of hydrogen-bond donors (Lipinski definition) is 0. The number of nitrogens with zero attached hydrogens (tertiary/aromatic N) is 2. The van der Waals surface area contributed by atoms with Crippen LogP contribution >= 0.6 is 0 Å². The van der Waals surface area contributed by atoms with E-state index in [1.54, 1.807) is 0 Å². The van der Waals surface area contributed by atoms with Crippen molar-refractivity contribution >= 4 is 0 Å². The second-order valence-corrected chi connectivity index (χ2v) is 6.31. The van der Waals surface area contributed by atoms with Gasteiger partial charge in [-0.05, 0) is 59.0 Å². The maximum atomic E-state index is 6.16. The predicted molar refractivity (Wildman–Crippen MR) is 81.4 cm³/mol. The minimum atomic E-state index is 0.283. The highest BCUT2D eigenvalue weighted by Crippen LogP contribution is 2.33. The van der Waals surface area contributed by atoms with E-state index in [0.717, 1.165) is 30.7 Å². The lowest BCUT2D eigenvalue weighted by molar-refractivity contribution is 0.105. The molecule has 110 valence electrons. The van der Waals surface area contributed by atoms with E-state index in [9.17, 15) is 0 Å². The molecule has 0 bridgehead atoms. The van der Waals surface area contributed by atoms with Crippen molar-refractivity contribution in [1.29, 1.82) is 0 Å². The van der Waals surface area contributed by atoms with Crippen molar-refractivity contribution in [1.82, 2.24) is 9.88 Å². The molecule has 0 amide bonds. The average Bonchev–Trinajstić information content (AvgIpc) is 2.37. The van der Waals surface area contributed by atoms with Crippen LogP contribution < -0.4 is 4.74 Å². The molecule has 0 N–H and O–H groups in total. The summed E-state index contributed by atoms with van der Waals surface area (Å²) in [5.74, 6) is 1.09. The molecule has 3 heteroatoms. The first kappa shape index (κ1) is 13.9. The highest BCUT2D eigenvalue weighted by Gasteiger charge is 2.30. The van der Waals surface area contributed by atoms with Crippen molar-refractivity contribution in [3.63, 3.8) is 0 Å². The van der Waals surface area contributed by atoms with Gasteiger partial charge in [0.1, 0.15) is 5.75 Å². The third-order valence-corrected chi connectivity index (χ3v) is 4.76. The number of likely N-dealkylation sites (tertiary alicyclic amines) is 1. The SMILES string of the molecule is CCC(C)Oc1cc(C)nc2c1CC(N1CCC1)CC2. The highest BCUT2D eigenvalue weighted by atomic mass is 16.5. The molecule has 1 fully saturated rings. The molecule has 2 aliphatic rings. The van der Waals surface area contributed by atoms with E-state index < -0.39 is 0 Å². The van der Waals surface area contributed by atoms with Crippen LogP contribution in [0.2, 0.25) is 0 Å². The lowest BCUT2D eigenvalue weighted by Gasteiger charge is -2.41. The molecule has 1 saturated heterocycles. The Balaban J connectivity index is 1.85. The van der Waals surface area contributed by atoms with Crippen LogP contribution in [0.15, 0.2) is 6.07 Å². The Kier molecular flexibility index (Phi) is 3.97. The van der Waals surface area contributed by atoms with Crippen LogP contribution in [-0.2, 0) is 12.8 Å². The third kappa shape index (κ3) is 2.69. The summed E-state index contributed by atoms with van der Waals surface area (Å²) in [5.41, 5.74) is 3.74. The molecule has 0 spiro atoms. The molecule has 3 nitrogen and oxygen atoms in total. The van der Waals surface area contributed by atoms with Gasteiger partial charge < -0.3 is 4.74 Å². The number of pyridine rings is 1. The molecule has 2 unspecified atom stereocenters. The van der Waals surface area contributed by atoms with Gasteiger partial charge in [-0.2, -0.15) is 0 Å². The summed E-state index contributed by atoms with van der Waals surface area (Å²) >= 11 is 0. The zero-order valence-corrected chi connectivity index (χ0v) is 13.0. The maximum Gasteiger partial charge on any atom is 0.126 e. The van der Waals surface area contributed by atoms with Gasteiger partial charge in [0.25, 0.3) is 0 Å². The summed E-state index contributed by atoms with van der Waals surface area (Å²) < 4.78 is 6.16. The lowest BCUT2D eigenvalue weighted by Crippen LogP contribution is -2.47. The van der Waals surface area contributed by atoms with E-state index in [4.69, 9.17) is 9.72 Å². The molecule has 1 aliphatic heterocycles. The van der Waals surface area contributed by atoms with Crippen LogP contribution in [0, 0.1) is 6.92 Å². The Hall–Kier alpha value is -1.09. The first-order chi connectivity index (χ1) is 9.67. The van der Waals surface area contributed by atoms with Gasteiger partial charge >= 0.3 is 0 Å². The lowest BCUT2D eigenvalue weighted by atomic mass is 9.88. The molecule has 1 aromatic heterocycles. The zero-order chi connectivity index (χ0) is 14.1. The number of aryl methyl sites for hydroxylation is 2. The van der Waals surface area contributed by atoms with Crippen LogP contribution in [0.3, 0.4) is 0 Å². The average molecular weight is 274 g/mol. The molecule has 2 atom stereocenters. The first-order valence-electron chi connectivity index (χ1n) is 8.07. The fraction of sp³-hybridized carbons (Fsp3) is 0.706. The molecular weight excluding hydrogens is 248 g/mol. The molecular formula is C17H26N2O. The minimum absolute atomic E-state index is 0.283. The fourth-order valence-corrected chi connectivity index (χ4v) is 3.22. The summed E-state index contributed by atoms with van der Waals surface area (Å²) in [5, 5.41) is 0. The first-order valence-corrected chi connectivity index (χ1v) is 8.07. The zero-order valence-electron chi connectivity index (χ0n) is 13.0. The van der Waals surface area contributed by atoms with Gasteiger partial charge in [-0.25, -0.2) is 0 Å². The largest absolute Gasteiger partial charge is 0.490 e. The molecule has 20 heavy (non-hydrogen) atoms. The van der Waals surface area contributed by atoms with Gasteiger partial charge in [0, 0.05) is 29.1 Å². The summed E-state index contributed by atoms with van der Waals surface area (Å²) in [6, 6.07) is 2.84. The predicted octanol–water partition coefficient (Wildman–Crippen LogP) is 3.13. The Morgan fingerprint density at radius 2 is 2.25 bits per heavy atom. The number of hydrogen-bond acceptors (Lipinski definition) is 3. The fourth-order valence-electron chi connectivity index (χ4n) is 3.22. The van der Waals surface area contributed by atoms with Crippen LogP contribution in [0.25, 0.3) is 0 Å². The molecule has 0 saturated carbocycles. The summed E-state index contributed by atoms with van der Waals surface area (Å²) in [6.45, 7) is 8.96. The molecule has 1 aromatic rings. The summed E-state index contributed by atoms with van der Waals surface area (Å²) in [4.78, 5) is 7.37. The molecule has 2 heterocycles. The Labute approximate surface area is 122 Å². The highest BCUT2D eigenvalue weighted by molar-refractivity contribution is 5.40. The van der Waals surface area contributed by atoms with Crippen molar-refractivity contribution in [2.75, 3.05) is 13.1 Å². The van der Waals surface area contributed by atoms with Crippen molar-refractivity contribution in [2.45, 2.75) is 65.0 Å². The van der Waals surface area contributed by atoms with E-state index in [1.807, 2.05) is 0 Å². The van der Waals surface area contributed by atoms with Gasteiger partial charge in [-0.1, -0.05) is 6.92 Å². The van der Waals surface area contributed by atoms with E-state index in [1.165, 1.54) is 37.2 Å². The van der Waals surface area contributed by atoms with Gasteiger partial charge in [0.05, 0.1) is 6.10 Å². The Morgan fingerprint density at radius 1 is 1.45 bits per heavy atom. The van der Waals surface area contributed by atoms with Crippen molar-refractivity contribution in [3.8, 4) is 5.75 Å². The molecule has 0 radical (unpaired) electrons. The smallest absolute Gasteiger partial charge is 0.126 e. The number of rotatable bonds is 4. The van der Waals surface area contributed by atoms with Crippen LogP contribution in [-0.4, -0.2) is 35.1 Å². The number of aromatic nitrogens is 1. The van der Waals surface area contributed by atoms with E-state index in [0.29, 0.717) is 6.04 Å². The molecule has 0 aromatic carbocycles. The van der Waals surface area contributed by atoms with Crippen LogP contribution in [0.5, 0.6) is 5.75 Å². The molecule has 3 rings (SSSR count). The van der Waals surface area contributed by atoms with Crippen molar-refractivity contribution in [3.05, 3.63) is 23.0 Å². The summed E-state index contributed by atoms with van der Waals surface area (Å²) in [6.07, 6.45) is 6.18. The van der Waals surface area contributed by atoms with Gasteiger partial charge in [0.2, 0.25) is 0 Å². The summed E-state index contributed by atoms with van der Waals surface area (Å²) in [7, 11) is 0. The van der Waals surface area contributed by atoms with E-state index in [2.05, 4.69) is 31.7 Å².